The number of benzene rings is 2. The first-order chi connectivity index (χ1) is 9.19. The zero-order valence-electron chi connectivity index (χ0n) is 12.0. The largest absolute Gasteiger partial charge is 0.381 e. The van der Waals surface area contributed by atoms with E-state index in [2.05, 4.69) is 79.8 Å². The van der Waals surface area contributed by atoms with Gasteiger partial charge in [-0.3, -0.25) is 0 Å². The molecular formula is C17H22N2. The van der Waals surface area contributed by atoms with E-state index in [0.717, 1.165) is 13.0 Å². The third-order valence-electron chi connectivity index (χ3n) is 3.28. The predicted octanol–water partition coefficient (Wildman–Crippen LogP) is 3.93. The third kappa shape index (κ3) is 3.75. The van der Waals surface area contributed by atoms with Crippen molar-refractivity contribution >= 4 is 11.4 Å². The number of nitrogens with one attached hydrogen (secondary N) is 1. The number of nitrogens with zero attached hydrogens (tertiary/aromatic N) is 1. The monoisotopic (exact) mass is 254 g/mol. The molecule has 0 aromatic heterocycles. The van der Waals surface area contributed by atoms with E-state index in [4.69, 9.17) is 0 Å². The van der Waals surface area contributed by atoms with Crippen molar-refractivity contribution in [3.8, 4) is 0 Å². The zero-order valence-corrected chi connectivity index (χ0v) is 12.0. The van der Waals surface area contributed by atoms with Gasteiger partial charge in [0.15, 0.2) is 0 Å². The number of hydrogen-bond acceptors (Lipinski definition) is 2. The van der Waals surface area contributed by atoms with E-state index >= 15 is 0 Å². The molecule has 0 aliphatic heterocycles. The zero-order chi connectivity index (χ0) is 13.7. The van der Waals surface area contributed by atoms with Crippen molar-refractivity contribution in [2.75, 3.05) is 24.3 Å². The van der Waals surface area contributed by atoms with E-state index in [1.807, 2.05) is 0 Å². The second-order valence-corrected chi connectivity index (χ2v) is 4.97. The first-order valence-corrected chi connectivity index (χ1v) is 6.78. The van der Waals surface area contributed by atoms with Crippen LogP contribution in [0.4, 0.5) is 11.4 Å². The first kappa shape index (κ1) is 13.5. The van der Waals surface area contributed by atoms with Crippen LogP contribution in [0.3, 0.4) is 0 Å². The number of aryl methyl sites for hydroxylation is 1. The minimum absolute atomic E-state index is 0.862. The maximum Gasteiger partial charge on any atom is 0.0400 e. The van der Waals surface area contributed by atoms with Crippen LogP contribution in [0.25, 0.3) is 0 Å². The lowest BCUT2D eigenvalue weighted by Crippen LogP contribution is -2.08. The molecule has 0 radical (unpaired) electrons. The maximum absolute atomic E-state index is 3.47. The molecule has 0 aliphatic carbocycles. The lowest BCUT2D eigenvalue weighted by atomic mass is 10.1. The molecule has 0 atom stereocenters. The van der Waals surface area contributed by atoms with Crippen LogP contribution in [0, 0.1) is 0 Å². The van der Waals surface area contributed by atoms with Crippen LogP contribution in [-0.2, 0) is 13.0 Å². The molecule has 2 aromatic rings. The Morgan fingerprint density at radius 1 is 0.947 bits per heavy atom. The Morgan fingerprint density at radius 2 is 1.68 bits per heavy atom. The van der Waals surface area contributed by atoms with Gasteiger partial charge < -0.3 is 10.2 Å². The van der Waals surface area contributed by atoms with Crippen LogP contribution in [-0.4, -0.2) is 14.1 Å². The first-order valence-electron chi connectivity index (χ1n) is 6.78. The topological polar surface area (TPSA) is 15.3 Å². The Kier molecular flexibility index (Phi) is 4.45. The Morgan fingerprint density at radius 3 is 2.32 bits per heavy atom. The van der Waals surface area contributed by atoms with Crippen LogP contribution in [0.15, 0.2) is 48.5 Å². The molecule has 0 saturated carbocycles. The van der Waals surface area contributed by atoms with Crippen LogP contribution < -0.4 is 10.2 Å². The van der Waals surface area contributed by atoms with Gasteiger partial charge >= 0.3 is 0 Å². The summed E-state index contributed by atoms with van der Waals surface area (Å²) in [7, 11) is 4.12. The lowest BCUT2D eigenvalue weighted by molar-refractivity contribution is 1.10. The fourth-order valence-corrected chi connectivity index (χ4v) is 2.02. The molecule has 0 amide bonds. The Hall–Kier alpha value is -1.96. The fourth-order valence-electron chi connectivity index (χ4n) is 2.02. The lowest BCUT2D eigenvalue weighted by Gasteiger charge is -2.13. The number of hydrogen-bond donors (Lipinski definition) is 1. The molecule has 19 heavy (non-hydrogen) atoms. The van der Waals surface area contributed by atoms with Gasteiger partial charge in [0.2, 0.25) is 0 Å². The quantitative estimate of drug-likeness (QED) is 0.869. The van der Waals surface area contributed by atoms with Crippen molar-refractivity contribution in [2.45, 2.75) is 19.9 Å². The van der Waals surface area contributed by atoms with Crippen molar-refractivity contribution in [1.29, 1.82) is 0 Å². The molecule has 0 bridgehead atoms. The van der Waals surface area contributed by atoms with Gasteiger partial charge in [-0.1, -0.05) is 31.2 Å². The molecule has 2 heteroatoms. The SMILES string of the molecule is CCc1cccc(NCc2ccc(N(C)C)cc2)c1. The summed E-state index contributed by atoms with van der Waals surface area (Å²) in [4.78, 5) is 2.11. The summed E-state index contributed by atoms with van der Waals surface area (Å²) in [5, 5.41) is 3.47. The third-order valence-corrected chi connectivity index (χ3v) is 3.28. The summed E-state index contributed by atoms with van der Waals surface area (Å²) in [6.45, 7) is 3.04. The summed E-state index contributed by atoms with van der Waals surface area (Å²) >= 11 is 0. The van der Waals surface area contributed by atoms with Crippen molar-refractivity contribution < 1.29 is 0 Å². The van der Waals surface area contributed by atoms with Crippen molar-refractivity contribution in [2.24, 2.45) is 0 Å². The Labute approximate surface area is 116 Å². The van der Waals surface area contributed by atoms with Crippen molar-refractivity contribution in [3.63, 3.8) is 0 Å². The second-order valence-electron chi connectivity index (χ2n) is 4.97. The van der Waals surface area contributed by atoms with Gasteiger partial charge in [0.05, 0.1) is 0 Å². The Balaban J connectivity index is 1.98. The highest BCUT2D eigenvalue weighted by atomic mass is 15.1. The van der Waals surface area contributed by atoms with Gasteiger partial charge in [-0.25, -0.2) is 0 Å². The average Bonchev–Trinajstić information content (AvgIpc) is 2.46. The standard InChI is InChI=1S/C17H22N2/c1-4-14-6-5-7-16(12-14)18-13-15-8-10-17(11-9-15)19(2)3/h5-12,18H,4,13H2,1-3H3. The van der Waals surface area contributed by atoms with Crippen molar-refractivity contribution in [1.82, 2.24) is 0 Å². The van der Waals surface area contributed by atoms with Crippen molar-refractivity contribution in [3.05, 3.63) is 59.7 Å². The maximum atomic E-state index is 3.47. The smallest absolute Gasteiger partial charge is 0.0400 e. The Bertz CT molecular complexity index is 515. The molecular weight excluding hydrogens is 232 g/mol. The van der Waals surface area contributed by atoms with Gasteiger partial charge in [-0.2, -0.15) is 0 Å². The molecule has 0 saturated heterocycles. The highest BCUT2D eigenvalue weighted by Gasteiger charge is 1.97. The molecule has 2 rings (SSSR count). The summed E-state index contributed by atoms with van der Waals surface area (Å²) in [6, 6.07) is 17.3. The van der Waals surface area contributed by atoms with E-state index in [0.29, 0.717) is 0 Å². The van der Waals surface area contributed by atoms with Crippen LogP contribution in [0.1, 0.15) is 18.1 Å². The summed E-state index contributed by atoms with van der Waals surface area (Å²) < 4.78 is 0. The average molecular weight is 254 g/mol. The second kappa shape index (κ2) is 6.28. The van der Waals surface area contributed by atoms with Crippen LogP contribution in [0.2, 0.25) is 0 Å². The molecule has 2 nitrogen and oxygen atoms in total. The molecule has 100 valence electrons. The van der Waals surface area contributed by atoms with Gasteiger partial charge in [-0.15, -0.1) is 0 Å². The van der Waals surface area contributed by atoms with E-state index in [-0.39, 0.29) is 0 Å². The number of rotatable bonds is 5. The summed E-state index contributed by atoms with van der Waals surface area (Å²) in [6.07, 6.45) is 1.08. The van der Waals surface area contributed by atoms with Crippen LogP contribution in [0.5, 0.6) is 0 Å². The highest BCUT2D eigenvalue weighted by Crippen LogP contribution is 2.15. The predicted molar refractivity (Wildman–Crippen MR) is 83.9 cm³/mol. The molecule has 2 aromatic carbocycles. The van der Waals surface area contributed by atoms with E-state index in [1.165, 1.54) is 22.5 Å². The van der Waals surface area contributed by atoms with E-state index in [1.54, 1.807) is 0 Å². The minimum atomic E-state index is 0.862. The van der Waals surface area contributed by atoms with Gasteiger partial charge in [-0.05, 0) is 41.8 Å². The van der Waals surface area contributed by atoms with E-state index < -0.39 is 0 Å². The van der Waals surface area contributed by atoms with E-state index in [9.17, 15) is 0 Å². The molecule has 0 heterocycles. The number of anilines is 2. The van der Waals surface area contributed by atoms with Gasteiger partial charge in [0.25, 0.3) is 0 Å². The molecule has 1 N–H and O–H groups in total. The highest BCUT2D eigenvalue weighted by molar-refractivity contribution is 5.48. The molecule has 0 fully saturated rings. The minimum Gasteiger partial charge on any atom is -0.381 e. The molecule has 0 aliphatic rings. The van der Waals surface area contributed by atoms with Gasteiger partial charge in [0.1, 0.15) is 0 Å². The molecule has 0 spiro atoms. The molecule has 0 unspecified atom stereocenters. The normalized spacial score (nSPS) is 10.3. The summed E-state index contributed by atoms with van der Waals surface area (Å²) in [5.41, 5.74) is 5.09. The summed E-state index contributed by atoms with van der Waals surface area (Å²) in [5.74, 6) is 0. The van der Waals surface area contributed by atoms with Crippen LogP contribution >= 0.6 is 0 Å². The van der Waals surface area contributed by atoms with Gasteiger partial charge in [0, 0.05) is 32.0 Å². The fraction of sp³-hybridized carbons (Fsp3) is 0.294.